The van der Waals surface area contributed by atoms with Crippen LogP contribution in [0.1, 0.15) is 77.7 Å². The Morgan fingerprint density at radius 2 is 1.56 bits per heavy atom. The van der Waals surface area contributed by atoms with Crippen molar-refractivity contribution in [3.8, 4) is 0 Å². The van der Waals surface area contributed by atoms with Crippen LogP contribution in [0.4, 0.5) is 11.4 Å². The maximum atomic E-state index is 5.61. The number of hydrogen-bond donors (Lipinski definition) is 0. The predicted molar refractivity (Wildman–Crippen MR) is 137 cm³/mol. The highest BCUT2D eigenvalue weighted by Gasteiger charge is 2.31. The summed E-state index contributed by atoms with van der Waals surface area (Å²) in [7, 11) is 1.86. The van der Waals surface area contributed by atoms with E-state index in [9.17, 15) is 0 Å². The molecule has 2 aliphatic heterocycles. The monoisotopic (exact) mass is 441 g/mol. The first-order valence-electron chi connectivity index (χ1n) is 13.2. The summed E-state index contributed by atoms with van der Waals surface area (Å²) in [4.78, 5) is 7.93. The third kappa shape index (κ3) is 5.80. The van der Waals surface area contributed by atoms with E-state index in [2.05, 4.69) is 60.6 Å². The lowest BCUT2D eigenvalue weighted by molar-refractivity contribution is 0.0819. The van der Waals surface area contributed by atoms with Gasteiger partial charge >= 0.3 is 0 Å². The number of hydrogen-bond acceptors (Lipinski definition) is 4. The van der Waals surface area contributed by atoms with Crippen LogP contribution in [-0.2, 0) is 4.74 Å². The van der Waals surface area contributed by atoms with Crippen LogP contribution in [0.25, 0.3) is 0 Å². The Kier molecular flexibility index (Phi) is 7.72. The van der Waals surface area contributed by atoms with Crippen LogP contribution in [-0.4, -0.2) is 63.9 Å². The first kappa shape index (κ1) is 23.9. The van der Waals surface area contributed by atoms with Crippen molar-refractivity contribution in [1.29, 1.82) is 0 Å². The first-order chi connectivity index (χ1) is 15.3. The summed E-state index contributed by atoms with van der Waals surface area (Å²) in [5.41, 5.74) is 5.10. The highest BCUT2D eigenvalue weighted by Crippen LogP contribution is 2.46. The topological polar surface area (TPSA) is 19.0 Å². The lowest BCUT2D eigenvalue weighted by Gasteiger charge is -2.41. The first-order valence-corrected chi connectivity index (χ1v) is 13.2. The lowest BCUT2D eigenvalue weighted by atomic mass is 9.71. The van der Waals surface area contributed by atoms with E-state index in [0.717, 1.165) is 44.9 Å². The third-order valence-corrected chi connectivity index (χ3v) is 8.27. The van der Waals surface area contributed by atoms with Crippen molar-refractivity contribution >= 4 is 11.4 Å². The molecule has 2 heterocycles. The van der Waals surface area contributed by atoms with Crippen LogP contribution < -0.4 is 9.80 Å². The van der Waals surface area contributed by atoms with Crippen molar-refractivity contribution in [3.63, 3.8) is 0 Å². The molecular formula is C28H47N3O. The zero-order valence-electron chi connectivity index (χ0n) is 21.4. The molecule has 0 spiro atoms. The largest absolute Gasteiger partial charge is 0.381 e. The Morgan fingerprint density at radius 3 is 2.16 bits per heavy atom. The van der Waals surface area contributed by atoms with Gasteiger partial charge in [-0.05, 0) is 79.5 Å². The highest BCUT2D eigenvalue weighted by molar-refractivity contribution is 5.63. The van der Waals surface area contributed by atoms with E-state index in [-0.39, 0.29) is 0 Å². The Balaban J connectivity index is 1.53. The van der Waals surface area contributed by atoms with Crippen LogP contribution in [0, 0.1) is 11.3 Å². The summed E-state index contributed by atoms with van der Waals surface area (Å²) in [6, 6.07) is 7.44. The van der Waals surface area contributed by atoms with Gasteiger partial charge in [-0.3, -0.25) is 4.90 Å². The summed E-state index contributed by atoms with van der Waals surface area (Å²) in [5.74, 6) is 1.47. The van der Waals surface area contributed by atoms with Crippen molar-refractivity contribution < 1.29 is 4.74 Å². The summed E-state index contributed by atoms with van der Waals surface area (Å²) >= 11 is 0. The van der Waals surface area contributed by atoms with Gasteiger partial charge < -0.3 is 14.5 Å². The fourth-order valence-corrected chi connectivity index (χ4v) is 6.10. The van der Waals surface area contributed by atoms with Crippen LogP contribution in [0.2, 0.25) is 0 Å². The summed E-state index contributed by atoms with van der Waals surface area (Å²) in [6.07, 6.45) is 8.09. The molecule has 180 valence electrons. The minimum Gasteiger partial charge on any atom is -0.381 e. The van der Waals surface area contributed by atoms with Crippen molar-refractivity contribution in [2.45, 2.75) is 78.2 Å². The van der Waals surface area contributed by atoms with Crippen molar-refractivity contribution in [2.24, 2.45) is 11.3 Å². The molecule has 4 heteroatoms. The van der Waals surface area contributed by atoms with E-state index in [4.69, 9.17) is 4.74 Å². The smallest absolute Gasteiger partial charge is 0.0605 e. The zero-order valence-corrected chi connectivity index (χ0v) is 21.4. The van der Waals surface area contributed by atoms with Crippen LogP contribution in [0.5, 0.6) is 0 Å². The molecule has 0 aromatic heterocycles. The van der Waals surface area contributed by atoms with Crippen molar-refractivity contribution in [3.05, 3.63) is 23.8 Å². The lowest BCUT2D eigenvalue weighted by Crippen LogP contribution is -2.47. The second-order valence-corrected chi connectivity index (χ2v) is 11.8. The quantitative estimate of drug-likeness (QED) is 0.558. The maximum absolute atomic E-state index is 5.61. The molecule has 1 aromatic carbocycles. The molecule has 1 saturated carbocycles. The van der Waals surface area contributed by atoms with Gasteiger partial charge in [0.1, 0.15) is 0 Å². The number of piperidine rings is 1. The Labute approximate surface area is 197 Å². The van der Waals surface area contributed by atoms with E-state index >= 15 is 0 Å². The molecule has 3 fully saturated rings. The molecule has 2 saturated heterocycles. The van der Waals surface area contributed by atoms with E-state index in [1.165, 1.54) is 56.7 Å². The second kappa shape index (κ2) is 10.3. The molecule has 0 bridgehead atoms. The average molecular weight is 442 g/mol. The molecule has 4 nitrogen and oxygen atoms in total. The normalized spacial score (nSPS) is 23.8. The number of rotatable bonds is 6. The Bertz CT molecular complexity index is 720. The molecule has 0 atom stereocenters. The molecule has 0 N–H and O–H groups in total. The van der Waals surface area contributed by atoms with Gasteiger partial charge in [0, 0.05) is 64.3 Å². The van der Waals surface area contributed by atoms with Crippen molar-refractivity contribution in [2.75, 3.05) is 62.7 Å². The van der Waals surface area contributed by atoms with E-state index < -0.39 is 0 Å². The maximum Gasteiger partial charge on any atom is 0.0605 e. The predicted octanol–water partition coefficient (Wildman–Crippen LogP) is 5.76. The molecule has 0 radical (unpaired) electrons. The fraction of sp³-hybridized carbons (Fsp3) is 0.786. The molecule has 32 heavy (non-hydrogen) atoms. The molecular weight excluding hydrogens is 394 g/mol. The summed E-state index contributed by atoms with van der Waals surface area (Å²) in [5, 5.41) is 0. The van der Waals surface area contributed by atoms with Gasteiger partial charge in [-0.2, -0.15) is 0 Å². The molecule has 1 aromatic rings. The van der Waals surface area contributed by atoms with Gasteiger partial charge in [0.15, 0.2) is 0 Å². The zero-order chi connectivity index (χ0) is 22.7. The molecule has 1 aliphatic carbocycles. The van der Waals surface area contributed by atoms with Crippen LogP contribution in [0.3, 0.4) is 0 Å². The highest BCUT2D eigenvalue weighted by atomic mass is 16.5. The minimum atomic E-state index is 0.438. The van der Waals surface area contributed by atoms with E-state index in [1.54, 1.807) is 5.56 Å². The van der Waals surface area contributed by atoms with Crippen molar-refractivity contribution in [1.82, 2.24) is 4.90 Å². The van der Waals surface area contributed by atoms with Gasteiger partial charge in [0.25, 0.3) is 0 Å². The van der Waals surface area contributed by atoms with Gasteiger partial charge in [0.2, 0.25) is 0 Å². The number of nitrogens with zero attached hydrogens (tertiary/aromatic N) is 3. The van der Waals surface area contributed by atoms with Crippen LogP contribution in [0.15, 0.2) is 18.2 Å². The molecule has 0 unspecified atom stereocenters. The van der Waals surface area contributed by atoms with Gasteiger partial charge in [-0.15, -0.1) is 0 Å². The number of anilines is 2. The Hall–Kier alpha value is -1.26. The summed E-state index contributed by atoms with van der Waals surface area (Å²) < 4.78 is 5.61. The number of ether oxygens (including phenoxy) is 1. The molecule has 4 rings (SSSR count). The number of benzene rings is 1. The number of methoxy groups -OCH3 is 1. The van der Waals surface area contributed by atoms with Gasteiger partial charge in [0.05, 0.1) is 6.10 Å². The fourth-order valence-electron chi connectivity index (χ4n) is 6.10. The van der Waals surface area contributed by atoms with Gasteiger partial charge in [-0.1, -0.05) is 27.7 Å². The van der Waals surface area contributed by atoms with Gasteiger partial charge in [-0.25, -0.2) is 0 Å². The summed E-state index contributed by atoms with van der Waals surface area (Å²) in [6.45, 7) is 17.8. The Morgan fingerprint density at radius 1 is 0.906 bits per heavy atom. The number of piperazine rings is 1. The second-order valence-electron chi connectivity index (χ2n) is 11.8. The van der Waals surface area contributed by atoms with Crippen LogP contribution >= 0.6 is 0 Å². The SMILES string of the molecule is COC1CCN(c2ccc(N3CCN(CC(C)C)CC3)c(C3CCC(C)(C)CC3)c2)CC1. The van der Waals surface area contributed by atoms with E-state index in [0.29, 0.717) is 17.4 Å². The third-order valence-electron chi connectivity index (χ3n) is 8.27. The minimum absolute atomic E-state index is 0.438. The molecule has 0 amide bonds. The average Bonchev–Trinajstić information content (AvgIpc) is 2.79. The van der Waals surface area contributed by atoms with E-state index in [1.807, 2.05) is 7.11 Å². The standard InChI is InChI=1S/C28H47N3O/c1-22(2)21-29-16-18-31(19-17-29)27-7-6-24(30-14-10-25(32-5)11-15-30)20-26(27)23-8-12-28(3,4)13-9-23/h6-7,20,22-23,25H,8-19,21H2,1-5H3. The molecule has 3 aliphatic rings.